The average molecular weight is 126 g/mol. The van der Waals surface area contributed by atoms with E-state index in [-0.39, 0.29) is 5.75 Å². The molecule has 0 aliphatic heterocycles. The summed E-state index contributed by atoms with van der Waals surface area (Å²) in [6, 6.07) is 0. The van der Waals surface area contributed by atoms with E-state index in [2.05, 4.69) is 0 Å². The zero-order chi connectivity index (χ0) is 6.85. The van der Waals surface area contributed by atoms with Crippen molar-refractivity contribution >= 4 is 5.69 Å². The van der Waals surface area contributed by atoms with Gasteiger partial charge in [0, 0.05) is 18.9 Å². The minimum atomic E-state index is 0.164. The molecule has 3 N–H and O–H groups in total. The molecule has 1 aromatic rings. The number of nitrogens with two attached hydrogens (primary N) is 1. The number of aromatic hydroxyl groups is 1. The van der Waals surface area contributed by atoms with Crippen molar-refractivity contribution in [2.24, 2.45) is 0 Å². The lowest BCUT2D eigenvalue weighted by atomic mass is 10.5. The highest BCUT2D eigenvalue weighted by molar-refractivity contribution is 5.49. The van der Waals surface area contributed by atoms with Crippen molar-refractivity contribution in [2.75, 3.05) is 5.73 Å². The van der Waals surface area contributed by atoms with E-state index in [0.29, 0.717) is 5.69 Å². The van der Waals surface area contributed by atoms with Crippen molar-refractivity contribution < 1.29 is 5.11 Å². The van der Waals surface area contributed by atoms with Gasteiger partial charge in [0.15, 0.2) is 5.75 Å². The second-order valence-electron chi connectivity index (χ2n) is 1.93. The molecular formula is C6H10N2O. The molecule has 0 aliphatic rings. The normalized spacial score (nSPS) is 9.89. The fraction of sp³-hybridized carbons (Fsp3) is 0.333. The molecule has 9 heavy (non-hydrogen) atoms. The second kappa shape index (κ2) is 2.01. The van der Waals surface area contributed by atoms with Crippen LogP contribution >= 0.6 is 0 Å². The highest BCUT2D eigenvalue weighted by Crippen LogP contribution is 2.19. The van der Waals surface area contributed by atoms with Crippen molar-refractivity contribution in [1.82, 2.24) is 4.57 Å². The lowest BCUT2D eigenvalue weighted by molar-refractivity contribution is 0.476. The molecular weight excluding hydrogens is 116 g/mol. The molecule has 0 unspecified atom stereocenters. The highest BCUT2D eigenvalue weighted by Gasteiger charge is 1.97. The van der Waals surface area contributed by atoms with E-state index in [0.717, 1.165) is 6.54 Å². The number of hydrogen-bond donors (Lipinski definition) is 2. The Morgan fingerprint density at radius 1 is 1.67 bits per heavy atom. The standard InChI is InChI=1S/C6H10N2O/c1-2-8-3-5(7)6(9)4-8/h3-4,9H,2,7H2,1H3. The first-order chi connectivity index (χ1) is 4.24. The van der Waals surface area contributed by atoms with Crippen molar-refractivity contribution in [3.05, 3.63) is 12.4 Å². The summed E-state index contributed by atoms with van der Waals surface area (Å²) >= 11 is 0. The quantitative estimate of drug-likeness (QED) is 0.584. The van der Waals surface area contributed by atoms with Crippen LogP contribution in [0.25, 0.3) is 0 Å². The molecule has 0 amide bonds. The molecule has 1 rings (SSSR count). The maximum atomic E-state index is 8.93. The second-order valence-corrected chi connectivity index (χ2v) is 1.93. The van der Waals surface area contributed by atoms with Gasteiger partial charge in [0.2, 0.25) is 0 Å². The molecule has 0 aromatic carbocycles. The number of anilines is 1. The Labute approximate surface area is 53.7 Å². The van der Waals surface area contributed by atoms with Gasteiger partial charge in [-0.15, -0.1) is 0 Å². The molecule has 50 valence electrons. The minimum Gasteiger partial charge on any atom is -0.504 e. The van der Waals surface area contributed by atoms with Crippen LogP contribution in [0.4, 0.5) is 5.69 Å². The zero-order valence-corrected chi connectivity index (χ0v) is 5.33. The maximum absolute atomic E-state index is 8.93. The number of aryl methyl sites for hydroxylation is 1. The molecule has 3 heteroatoms. The van der Waals surface area contributed by atoms with Crippen LogP contribution in [0.15, 0.2) is 12.4 Å². The predicted octanol–water partition coefficient (Wildman–Crippen LogP) is 0.796. The first-order valence-electron chi connectivity index (χ1n) is 2.88. The zero-order valence-electron chi connectivity index (χ0n) is 5.33. The third-order valence-electron chi connectivity index (χ3n) is 1.25. The molecule has 0 saturated heterocycles. The Morgan fingerprint density at radius 3 is 2.56 bits per heavy atom. The van der Waals surface area contributed by atoms with Gasteiger partial charge < -0.3 is 15.4 Å². The van der Waals surface area contributed by atoms with Gasteiger partial charge in [-0.1, -0.05) is 0 Å². The van der Waals surface area contributed by atoms with Crippen molar-refractivity contribution in [1.29, 1.82) is 0 Å². The van der Waals surface area contributed by atoms with Gasteiger partial charge in [-0.3, -0.25) is 0 Å². The Bertz CT molecular complexity index is 185. The summed E-state index contributed by atoms with van der Waals surface area (Å²) in [6.07, 6.45) is 3.31. The van der Waals surface area contributed by atoms with E-state index in [1.807, 2.05) is 11.5 Å². The molecule has 3 nitrogen and oxygen atoms in total. The third-order valence-corrected chi connectivity index (χ3v) is 1.25. The third kappa shape index (κ3) is 0.988. The molecule has 0 bridgehead atoms. The van der Waals surface area contributed by atoms with Crippen LogP contribution in [0, 0.1) is 0 Å². The smallest absolute Gasteiger partial charge is 0.156 e. The van der Waals surface area contributed by atoms with E-state index >= 15 is 0 Å². The largest absolute Gasteiger partial charge is 0.504 e. The fourth-order valence-electron chi connectivity index (χ4n) is 0.696. The molecule has 1 aromatic heterocycles. The van der Waals surface area contributed by atoms with Gasteiger partial charge in [-0.05, 0) is 6.92 Å². The molecule has 0 aliphatic carbocycles. The van der Waals surface area contributed by atoms with Gasteiger partial charge in [0.1, 0.15) is 0 Å². The number of nitrogens with zero attached hydrogens (tertiary/aromatic N) is 1. The van der Waals surface area contributed by atoms with Crippen molar-refractivity contribution in [3.8, 4) is 5.75 Å². The van der Waals surface area contributed by atoms with E-state index < -0.39 is 0 Å². The molecule has 0 spiro atoms. The predicted molar refractivity (Wildman–Crippen MR) is 36.2 cm³/mol. The Morgan fingerprint density at radius 2 is 2.33 bits per heavy atom. The van der Waals surface area contributed by atoms with Crippen LogP contribution in [-0.4, -0.2) is 9.67 Å². The summed E-state index contributed by atoms with van der Waals surface area (Å²) in [4.78, 5) is 0. The van der Waals surface area contributed by atoms with E-state index in [1.165, 1.54) is 0 Å². The van der Waals surface area contributed by atoms with Crippen LogP contribution in [0.3, 0.4) is 0 Å². The van der Waals surface area contributed by atoms with Crippen LogP contribution in [-0.2, 0) is 6.54 Å². The van der Waals surface area contributed by atoms with Crippen molar-refractivity contribution in [3.63, 3.8) is 0 Å². The summed E-state index contributed by atoms with van der Waals surface area (Å²) in [7, 11) is 0. The van der Waals surface area contributed by atoms with Crippen LogP contribution in [0.1, 0.15) is 6.92 Å². The van der Waals surface area contributed by atoms with Crippen molar-refractivity contribution in [2.45, 2.75) is 13.5 Å². The lowest BCUT2D eigenvalue weighted by Crippen LogP contribution is -1.87. The fourth-order valence-corrected chi connectivity index (χ4v) is 0.696. The monoisotopic (exact) mass is 126 g/mol. The Balaban J connectivity index is 2.98. The Hall–Kier alpha value is -1.12. The molecule has 0 radical (unpaired) electrons. The van der Waals surface area contributed by atoms with Crippen LogP contribution in [0.2, 0.25) is 0 Å². The highest BCUT2D eigenvalue weighted by atomic mass is 16.3. The summed E-state index contributed by atoms with van der Waals surface area (Å²) < 4.78 is 1.82. The van der Waals surface area contributed by atoms with Gasteiger partial charge in [0.25, 0.3) is 0 Å². The van der Waals surface area contributed by atoms with E-state index in [4.69, 9.17) is 10.8 Å². The maximum Gasteiger partial charge on any atom is 0.156 e. The van der Waals surface area contributed by atoms with Gasteiger partial charge in [0.05, 0.1) is 5.69 Å². The summed E-state index contributed by atoms with van der Waals surface area (Å²) in [6.45, 7) is 2.82. The van der Waals surface area contributed by atoms with Crippen LogP contribution in [0.5, 0.6) is 5.75 Å². The molecule has 1 heterocycles. The lowest BCUT2D eigenvalue weighted by Gasteiger charge is -1.90. The van der Waals surface area contributed by atoms with Crippen LogP contribution < -0.4 is 5.73 Å². The first-order valence-corrected chi connectivity index (χ1v) is 2.88. The number of aromatic nitrogens is 1. The first kappa shape index (κ1) is 6.01. The molecule has 0 fully saturated rings. The van der Waals surface area contributed by atoms with Gasteiger partial charge in [-0.25, -0.2) is 0 Å². The van der Waals surface area contributed by atoms with E-state index in [1.54, 1.807) is 12.4 Å². The number of hydrogen-bond acceptors (Lipinski definition) is 2. The number of rotatable bonds is 1. The SMILES string of the molecule is CCn1cc(N)c(O)c1. The van der Waals surface area contributed by atoms with E-state index in [9.17, 15) is 0 Å². The topological polar surface area (TPSA) is 51.2 Å². The minimum absolute atomic E-state index is 0.164. The van der Waals surface area contributed by atoms with Gasteiger partial charge in [-0.2, -0.15) is 0 Å². The molecule has 0 saturated carbocycles. The number of nitrogen functional groups attached to an aromatic ring is 1. The Kier molecular flexibility index (Phi) is 1.34. The average Bonchev–Trinajstić information content (AvgIpc) is 2.13. The summed E-state index contributed by atoms with van der Waals surface area (Å²) in [5.74, 6) is 0.164. The summed E-state index contributed by atoms with van der Waals surface area (Å²) in [5.41, 5.74) is 5.79. The van der Waals surface area contributed by atoms with Gasteiger partial charge >= 0.3 is 0 Å². The molecule has 0 atom stereocenters. The summed E-state index contributed by atoms with van der Waals surface area (Å²) in [5, 5.41) is 8.93.